The monoisotopic (exact) mass is 240 g/mol. The van der Waals surface area contributed by atoms with Crippen LogP contribution in [0.15, 0.2) is 48.5 Å². The molecule has 86 valence electrons. The molecule has 0 unspecified atom stereocenters. The summed E-state index contributed by atoms with van der Waals surface area (Å²) in [4.78, 5) is 0. The first-order chi connectivity index (χ1) is 8.35. The van der Waals surface area contributed by atoms with Gasteiger partial charge in [-0.1, -0.05) is 58.9 Å². The maximum atomic E-state index is 5.75. The molecule has 2 aromatic rings. The Morgan fingerprint density at radius 2 is 1.12 bits per heavy atom. The Bertz CT molecular complexity index is 452. The Morgan fingerprint density at radius 3 is 1.53 bits per heavy atom. The molecule has 17 heavy (non-hydrogen) atoms. The lowest BCUT2D eigenvalue weighted by atomic mass is 10.2. The van der Waals surface area contributed by atoms with E-state index in [1.165, 1.54) is 21.5 Å². The fraction of sp³-hybridized carbons (Fsp3) is 0.143. The highest BCUT2D eigenvalue weighted by atomic mass is 28.2. The molecule has 2 radical (unpaired) electrons. The van der Waals surface area contributed by atoms with Crippen molar-refractivity contribution in [2.45, 2.75) is 13.1 Å². The normalized spacial score (nSPS) is 10.5. The molecule has 0 atom stereocenters. The lowest BCUT2D eigenvalue weighted by molar-refractivity contribution is 1.08. The molecule has 4 N–H and O–H groups in total. The van der Waals surface area contributed by atoms with Gasteiger partial charge in [-0.2, -0.15) is 0 Å². The SMILES string of the molecule is NCc1ccccc1[Si]c1ccccc1CN. The third kappa shape index (κ3) is 2.82. The lowest BCUT2D eigenvalue weighted by Gasteiger charge is -2.09. The molecule has 0 heterocycles. The average Bonchev–Trinajstić information content (AvgIpc) is 2.40. The minimum atomic E-state index is 0.591. The fourth-order valence-electron chi connectivity index (χ4n) is 1.79. The maximum Gasteiger partial charge on any atom is 0.122 e. The van der Waals surface area contributed by atoms with E-state index in [1.807, 2.05) is 12.1 Å². The number of hydrogen-bond donors (Lipinski definition) is 2. The topological polar surface area (TPSA) is 52.0 Å². The third-order valence-corrected chi connectivity index (χ3v) is 4.26. The van der Waals surface area contributed by atoms with Gasteiger partial charge in [0.25, 0.3) is 0 Å². The number of hydrogen-bond acceptors (Lipinski definition) is 2. The molecule has 0 saturated heterocycles. The van der Waals surface area contributed by atoms with E-state index in [1.54, 1.807) is 0 Å². The molecule has 2 aromatic carbocycles. The summed E-state index contributed by atoms with van der Waals surface area (Å²) in [7, 11) is 0.628. The smallest absolute Gasteiger partial charge is 0.122 e. The maximum absolute atomic E-state index is 5.75. The summed E-state index contributed by atoms with van der Waals surface area (Å²) in [5.74, 6) is 0. The van der Waals surface area contributed by atoms with Crippen LogP contribution >= 0.6 is 0 Å². The first-order valence-electron chi connectivity index (χ1n) is 5.68. The van der Waals surface area contributed by atoms with E-state index in [-0.39, 0.29) is 0 Å². The minimum absolute atomic E-state index is 0.591. The molecule has 2 nitrogen and oxygen atoms in total. The van der Waals surface area contributed by atoms with Crippen molar-refractivity contribution in [3.8, 4) is 0 Å². The fourth-order valence-corrected chi connectivity index (χ4v) is 3.13. The summed E-state index contributed by atoms with van der Waals surface area (Å²) < 4.78 is 0. The highest BCUT2D eigenvalue weighted by Crippen LogP contribution is 1.97. The molecular formula is C14H16N2Si. The van der Waals surface area contributed by atoms with Crippen LogP contribution < -0.4 is 21.8 Å². The molecule has 2 rings (SSSR count). The van der Waals surface area contributed by atoms with Gasteiger partial charge in [0.1, 0.15) is 9.52 Å². The van der Waals surface area contributed by atoms with Gasteiger partial charge in [-0.15, -0.1) is 0 Å². The van der Waals surface area contributed by atoms with E-state index in [2.05, 4.69) is 36.4 Å². The molecule has 0 spiro atoms. The van der Waals surface area contributed by atoms with Crippen molar-refractivity contribution in [2.75, 3.05) is 0 Å². The summed E-state index contributed by atoms with van der Waals surface area (Å²) in [5, 5.41) is 2.63. The van der Waals surface area contributed by atoms with Crippen LogP contribution in [-0.4, -0.2) is 9.52 Å². The highest BCUT2D eigenvalue weighted by Gasteiger charge is 2.06. The van der Waals surface area contributed by atoms with Crippen molar-refractivity contribution >= 4 is 19.9 Å². The second kappa shape index (κ2) is 5.77. The standard InChI is InChI=1S/C14H16N2Si/c15-9-11-5-1-3-7-13(11)17-14-8-4-2-6-12(14)10-16/h1-8H,9-10,15-16H2. The van der Waals surface area contributed by atoms with Crippen molar-refractivity contribution in [3.05, 3.63) is 59.7 Å². The largest absolute Gasteiger partial charge is 0.327 e. The van der Waals surface area contributed by atoms with Gasteiger partial charge in [0.15, 0.2) is 0 Å². The Morgan fingerprint density at radius 1 is 0.706 bits per heavy atom. The predicted molar refractivity (Wildman–Crippen MR) is 73.7 cm³/mol. The number of nitrogens with two attached hydrogens (primary N) is 2. The molecule has 3 heteroatoms. The first-order valence-corrected chi connectivity index (χ1v) is 6.68. The van der Waals surface area contributed by atoms with Crippen molar-refractivity contribution in [1.82, 2.24) is 0 Å². The van der Waals surface area contributed by atoms with Gasteiger partial charge in [0, 0.05) is 13.1 Å². The molecule has 0 aliphatic heterocycles. The van der Waals surface area contributed by atoms with Crippen LogP contribution in [0.4, 0.5) is 0 Å². The van der Waals surface area contributed by atoms with Crippen LogP contribution in [0, 0.1) is 0 Å². The summed E-state index contributed by atoms with van der Waals surface area (Å²) >= 11 is 0. The minimum Gasteiger partial charge on any atom is -0.327 e. The zero-order valence-electron chi connectivity index (χ0n) is 9.69. The molecule has 0 bridgehead atoms. The Hall–Kier alpha value is -1.42. The van der Waals surface area contributed by atoms with Gasteiger partial charge in [-0.25, -0.2) is 0 Å². The van der Waals surface area contributed by atoms with Crippen LogP contribution in [0.1, 0.15) is 11.1 Å². The number of benzene rings is 2. The van der Waals surface area contributed by atoms with E-state index in [0.717, 1.165) is 0 Å². The summed E-state index contributed by atoms with van der Waals surface area (Å²) in [6, 6.07) is 16.7. The first kappa shape index (κ1) is 12.0. The van der Waals surface area contributed by atoms with Gasteiger partial charge >= 0.3 is 0 Å². The summed E-state index contributed by atoms with van der Waals surface area (Å²) in [6.45, 7) is 1.18. The Labute approximate surface area is 104 Å². The highest BCUT2D eigenvalue weighted by molar-refractivity contribution is 6.68. The van der Waals surface area contributed by atoms with Gasteiger partial charge in [0.2, 0.25) is 0 Å². The zero-order chi connectivity index (χ0) is 12.1. The van der Waals surface area contributed by atoms with Crippen LogP contribution in [0.5, 0.6) is 0 Å². The van der Waals surface area contributed by atoms with Crippen LogP contribution in [0.2, 0.25) is 0 Å². The lowest BCUT2D eigenvalue weighted by Crippen LogP contribution is -2.33. The second-order valence-corrected chi connectivity index (χ2v) is 5.17. The molecule has 0 aliphatic rings. The van der Waals surface area contributed by atoms with Gasteiger partial charge < -0.3 is 11.5 Å². The van der Waals surface area contributed by atoms with Crippen LogP contribution in [0.25, 0.3) is 0 Å². The average molecular weight is 240 g/mol. The van der Waals surface area contributed by atoms with Gasteiger partial charge in [-0.05, 0) is 11.1 Å². The van der Waals surface area contributed by atoms with Crippen LogP contribution in [0.3, 0.4) is 0 Å². The molecular weight excluding hydrogens is 224 g/mol. The third-order valence-electron chi connectivity index (χ3n) is 2.74. The zero-order valence-corrected chi connectivity index (χ0v) is 10.7. The quantitative estimate of drug-likeness (QED) is 0.753. The van der Waals surface area contributed by atoms with E-state index in [9.17, 15) is 0 Å². The summed E-state index contributed by atoms with van der Waals surface area (Å²) in [6.07, 6.45) is 0. The van der Waals surface area contributed by atoms with Crippen LogP contribution in [-0.2, 0) is 13.1 Å². The van der Waals surface area contributed by atoms with E-state index >= 15 is 0 Å². The molecule has 0 aliphatic carbocycles. The molecule has 0 saturated carbocycles. The van der Waals surface area contributed by atoms with Crippen molar-refractivity contribution in [2.24, 2.45) is 11.5 Å². The van der Waals surface area contributed by atoms with E-state index in [0.29, 0.717) is 22.6 Å². The van der Waals surface area contributed by atoms with Gasteiger partial charge in [-0.3, -0.25) is 0 Å². The molecule has 0 fully saturated rings. The Balaban J connectivity index is 2.31. The molecule has 0 amide bonds. The predicted octanol–water partition coefficient (Wildman–Crippen LogP) is 0.259. The van der Waals surface area contributed by atoms with Crippen molar-refractivity contribution in [3.63, 3.8) is 0 Å². The Kier molecular flexibility index (Phi) is 4.09. The van der Waals surface area contributed by atoms with Gasteiger partial charge in [0.05, 0.1) is 0 Å². The number of rotatable bonds is 4. The van der Waals surface area contributed by atoms with Crippen molar-refractivity contribution in [1.29, 1.82) is 0 Å². The second-order valence-electron chi connectivity index (χ2n) is 3.85. The summed E-state index contributed by atoms with van der Waals surface area (Å²) in [5.41, 5.74) is 13.9. The van der Waals surface area contributed by atoms with E-state index < -0.39 is 0 Å². The molecule has 0 aromatic heterocycles. The van der Waals surface area contributed by atoms with E-state index in [4.69, 9.17) is 11.5 Å². The van der Waals surface area contributed by atoms with Crippen molar-refractivity contribution < 1.29 is 0 Å².